The summed E-state index contributed by atoms with van der Waals surface area (Å²) in [5.41, 5.74) is 2.02. The first-order valence-electron chi connectivity index (χ1n) is 7.47. The van der Waals surface area contributed by atoms with Crippen molar-refractivity contribution in [3.63, 3.8) is 0 Å². The molecule has 1 heterocycles. The lowest BCUT2D eigenvalue weighted by Crippen LogP contribution is -2.06. The van der Waals surface area contributed by atoms with Crippen molar-refractivity contribution in [2.75, 3.05) is 14.2 Å². The average Bonchev–Trinajstić information content (AvgIpc) is 2.95. The second-order valence-corrected chi connectivity index (χ2v) is 5.19. The maximum atomic E-state index is 12.0. The second kappa shape index (κ2) is 7.00. The molecular weight excluding hydrogens is 306 g/mol. The third-order valence-corrected chi connectivity index (χ3v) is 3.60. The standard InChI is InChI=1S/C19H17NO4/c1-22-15-9-8-14(17(12-15)23-2)11-16-19(21)24-18(20-16)10-13-6-4-3-5-7-13/h3-9,11-12H,10H2,1-2H3/b16-11+. The smallest absolute Gasteiger partial charge is 0.363 e. The first-order chi connectivity index (χ1) is 11.7. The molecule has 1 aliphatic rings. The molecule has 0 atom stereocenters. The van der Waals surface area contributed by atoms with Gasteiger partial charge in [-0.15, -0.1) is 0 Å². The fourth-order valence-electron chi connectivity index (χ4n) is 2.38. The molecule has 0 spiro atoms. The fraction of sp³-hybridized carbons (Fsp3) is 0.158. The van der Waals surface area contributed by atoms with Crippen LogP contribution in [0.4, 0.5) is 0 Å². The van der Waals surface area contributed by atoms with E-state index >= 15 is 0 Å². The van der Waals surface area contributed by atoms with E-state index in [9.17, 15) is 4.79 Å². The number of cyclic esters (lactones) is 1. The van der Waals surface area contributed by atoms with E-state index in [-0.39, 0.29) is 5.70 Å². The lowest BCUT2D eigenvalue weighted by atomic mass is 10.1. The Balaban J connectivity index is 1.86. The number of nitrogens with zero attached hydrogens (tertiary/aromatic N) is 1. The minimum absolute atomic E-state index is 0.254. The second-order valence-electron chi connectivity index (χ2n) is 5.19. The topological polar surface area (TPSA) is 57.1 Å². The summed E-state index contributed by atoms with van der Waals surface area (Å²) in [5, 5.41) is 0. The Morgan fingerprint density at radius 2 is 1.88 bits per heavy atom. The Bertz CT molecular complexity index is 809. The summed E-state index contributed by atoms with van der Waals surface area (Å²) in [5.74, 6) is 1.21. The van der Waals surface area contributed by atoms with E-state index in [0.717, 1.165) is 11.1 Å². The predicted molar refractivity (Wildman–Crippen MR) is 91.2 cm³/mol. The van der Waals surface area contributed by atoms with Crippen molar-refractivity contribution in [2.24, 2.45) is 4.99 Å². The van der Waals surface area contributed by atoms with Gasteiger partial charge in [-0.2, -0.15) is 0 Å². The number of esters is 1. The van der Waals surface area contributed by atoms with Gasteiger partial charge in [0.05, 0.1) is 14.2 Å². The lowest BCUT2D eigenvalue weighted by molar-refractivity contribution is -0.130. The van der Waals surface area contributed by atoms with Crippen molar-refractivity contribution < 1.29 is 19.0 Å². The molecule has 2 aromatic carbocycles. The zero-order valence-electron chi connectivity index (χ0n) is 13.5. The maximum absolute atomic E-state index is 12.0. The number of rotatable bonds is 5. The van der Waals surface area contributed by atoms with Crippen molar-refractivity contribution >= 4 is 17.9 Å². The highest BCUT2D eigenvalue weighted by Crippen LogP contribution is 2.28. The van der Waals surface area contributed by atoms with Gasteiger partial charge in [-0.1, -0.05) is 30.3 Å². The third-order valence-electron chi connectivity index (χ3n) is 3.60. The predicted octanol–water partition coefficient (Wildman–Crippen LogP) is 3.24. The molecule has 0 saturated heterocycles. The summed E-state index contributed by atoms with van der Waals surface area (Å²) < 4.78 is 15.7. The molecule has 2 aromatic rings. The van der Waals surface area contributed by atoms with E-state index in [0.29, 0.717) is 23.8 Å². The summed E-state index contributed by atoms with van der Waals surface area (Å²) in [4.78, 5) is 16.3. The molecule has 0 N–H and O–H groups in total. The van der Waals surface area contributed by atoms with Gasteiger partial charge in [0.15, 0.2) is 5.70 Å². The quantitative estimate of drug-likeness (QED) is 0.626. The highest BCUT2D eigenvalue weighted by molar-refractivity contribution is 6.07. The molecule has 1 aliphatic heterocycles. The van der Waals surface area contributed by atoms with E-state index in [4.69, 9.17) is 14.2 Å². The van der Waals surface area contributed by atoms with Crippen LogP contribution in [0.2, 0.25) is 0 Å². The number of aliphatic imine (C=N–C) groups is 1. The van der Waals surface area contributed by atoms with Gasteiger partial charge >= 0.3 is 5.97 Å². The summed E-state index contributed by atoms with van der Waals surface area (Å²) >= 11 is 0. The van der Waals surface area contributed by atoms with Crippen LogP contribution in [-0.2, 0) is 16.0 Å². The highest BCUT2D eigenvalue weighted by atomic mass is 16.6. The number of hydrogen-bond acceptors (Lipinski definition) is 5. The first-order valence-corrected chi connectivity index (χ1v) is 7.47. The van der Waals surface area contributed by atoms with E-state index in [2.05, 4.69) is 4.99 Å². The van der Waals surface area contributed by atoms with Gasteiger partial charge in [0.2, 0.25) is 5.90 Å². The monoisotopic (exact) mass is 323 g/mol. The zero-order chi connectivity index (χ0) is 16.9. The lowest BCUT2D eigenvalue weighted by Gasteiger charge is -2.07. The molecule has 0 radical (unpaired) electrons. The minimum atomic E-state index is -0.459. The molecule has 0 saturated carbocycles. The molecule has 0 fully saturated rings. The van der Waals surface area contributed by atoms with Gasteiger partial charge in [0.25, 0.3) is 0 Å². The van der Waals surface area contributed by atoms with Crippen LogP contribution in [0, 0.1) is 0 Å². The normalized spacial score (nSPS) is 15.2. The molecule has 0 aromatic heterocycles. The van der Waals surface area contributed by atoms with Crippen molar-refractivity contribution in [1.29, 1.82) is 0 Å². The minimum Gasteiger partial charge on any atom is -0.497 e. The molecule has 5 heteroatoms. The molecule has 3 rings (SSSR count). The third kappa shape index (κ3) is 3.46. The van der Waals surface area contributed by atoms with E-state index in [1.165, 1.54) is 0 Å². The van der Waals surface area contributed by atoms with Crippen LogP contribution in [0.15, 0.2) is 59.2 Å². The van der Waals surface area contributed by atoms with Crippen LogP contribution in [0.1, 0.15) is 11.1 Å². The Morgan fingerprint density at radius 1 is 1.08 bits per heavy atom. The van der Waals surface area contributed by atoms with E-state index < -0.39 is 5.97 Å². The van der Waals surface area contributed by atoms with Crippen LogP contribution in [0.5, 0.6) is 11.5 Å². The zero-order valence-corrected chi connectivity index (χ0v) is 13.5. The fourth-order valence-corrected chi connectivity index (χ4v) is 2.38. The van der Waals surface area contributed by atoms with Gasteiger partial charge in [0, 0.05) is 18.1 Å². The number of ether oxygens (including phenoxy) is 3. The summed E-state index contributed by atoms with van der Waals surface area (Å²) in [6.07, 6.45) is 2.13. The summed E-state index contributed by atoms with van der Waals surface area (Å²) in [6.45, 7) is 0. The Morgan fingerprint density at radius 3 is 2.58 bits per heavy atom. The van der Waals surface area contributed by atoms with E-state index in [1.54, 1.807) is 32.4 Å². The van der Waals surface area contributed by atoms with Crippen LogP contribution in [-0.4, -0.2) is 26.1 Å². The number of methoxy groups -OCH3 is 2. The Kier molecular flexibility index (Phi) is 4.61. The first kappa shape index (κ1) is 15.8. The van der Waals surface area contributed by atoms with E-state index in [1.807, 2.05) is 36.4 Å². The molecule has 0 bridgehead atoms. The van der Waals surface area contributed by atoms with Crippen LogP contribution < -0.4 is 9.47 Å². The maximum Gasteiger partial charge on any atom is 0.363 e. The number of carbonyl (C=O) groups is 1. The van der Waals surface area contributed by atoms with Crippen molar-refractivity contribution in [3.05, 3.63) is 65.4 Å². The highest BCUT2D eigenvalue weighted by Gasteiger charge is 2.23. The molecule has 24 heavy (non-hydrogen) atoms. The van der Waals surface area contributed by atoms with Crippen LogP contribution >= 0.6 is 0 Å². The van der Waals surface area contributed by atoms with Crippen LogP contribution in [0.25, 0.3) is 6.08 Å². The van der Waals surface area contributed by atoms with Gasteiger partial charge in [-0.05, 0) is 23.8 Å². The Labute approximate surface area is 140 Å². The largest absolute Gasteiger partial charge is 0.497 e. The number of hydrogen-bond donors (Lipinski definition) is 0. The number of carbonyl (C=O) groups excluding carboxylic acids is 1. The van der Waals surface area contributed by atoms with Crippen LogP contribution in [0.3, 0.4) is 0 Å². The SMILES string of the molecule is COc1ccc(/C=C2/N=C(Cc3ccccc3)OC2=O)c(OC)c1. The number of benzene rings is 2. The van der Waals surface area contributed by atoms with Crippen molar-refractivity contribution in [2.45, 2.75) is 6.42 Å². The molecule has 5 nitrogen and oxygen atoms in total. The average molecular weight is 323 g/mol. The van der Waals surface area contributed by atoms with Gasteiger partial charge in [-0.3, -0.25) is 0 Å². The van der Waals surface area contributed by atoms with Gasteiger partial charge in [0.1, 0.15) is 11.5 Å². The summed E-state index contributed by atoms with van der Waals surface area (Å²) in [7, 11) is 3.15. The molecule has 0 amide bonds. The van der Waals surface area contributed by atoms with Crippen molar-refractivity contribution in [1.82, 2.24) is 0 Å². The Hall–Kier alpha value is -3.08. The van der Waals surface area contributed by atoms with Gasteiger partial charge < -0.3 is 14.2 Å². The molecule has 0 aliphatic carbocycles. The molecular formula is C19H17NO4. The molecule has 0 unspecified atom stereocenters. The molecule has 122 valence electrons. The summed E-state index contributed by atoms with van der Waals surface area (Å²) in [6, 6.07) is 15.1. The van der Waals surface area contributed by atoms with Crippen molar-refractivity contribution in [3.8, 4) is 11.5 Å². The van der Waals surface area contributed by atoms with Gasteiger partial charge in [-0.25, -0.2) is 9.79 Å².